The van der Waals surface area contributed by atoms with Gasteiger partial charge >= 0.3 is 0 Å². The Hall–Kier alpha value is -4.34. The number of aldehydes is 1. The van der Waals surface area contributed by atoms with Crippen LogP contribution in [0.2, 0.25) is 0 Å². The van der Waals surface area contributed by atoms with Gasteiger partial charge in [-0.2, -0.15) is 5.26 Å². The van der Waals surface area contributed by atoms with E-state index in [0.717, 1.165) is 0 Å². The van der Waals surface area contributed by atoms with Crippen LogP contribution in [0.4, 0.5) is 11.5 Å². The summed E-state index contributed by atoms with van der Waals surface area (Å²) in [4.78, 5) is 19.6. The fourth-order valence-corrected chi connectivity index (χ4v) is 4.30. The van der Waals surface area contributed by atoms with E-state index in [0.29, 0.717) is 23.0 Å². The summed E-state index contributed by atoms with van der Waals surface area (Å²) in [6.45, 7) is 0. The molecule has 0 bridgehead atoms. The van der Waals surface area contributed by atoms with Crippen LogP contribution >= 0.6 is 12.2 Å². The minimum absolute atomic E-state index is 0.0215. The molecule has 0 amide bonds. The molecule has 0 spiro atoms. The third-order valence-electron chi connectivity index (χ3n) is 4.63. The minimum Gasteiger partial charge on any atom is -0.301 e. The zero-order valence-corrected chi connectivity index (χ0v) is 18.9. The highest BCUT2D eigenvalue weighted by molar-refractivity contribution is 7.92. The van der Waals surface area contributed by atoms with Crippen LogP contribution in [0.3, 0.4) is 0 Å². The zero-order chi connectivity index (χ0) is 24.1. The van der Waals surface area contributed by atoms with Crippen molar-refractivity contribution in [2.75, 3.05) is 4.72 Å². The third kappa shape index (κ3) is 4.70. The first-order chi connectivity index (χ1) is 16.4. The fourth-order valence-electron chi connectivity index (χ4n) is 2.99. The maximum atomic E-state index is 12.6. The topological polar surface area (TPSA) is 142 Å². The predicted octanol–water partition coefficient (Wildman–Crippen LogP) is 4.31. The van der Waals surface area contributed by atoms with Gasteiger partial charge in [-0.15, -0.1) is 5.11 Å². The molecule has 0 aliphatic heterocycles. The molecular formula is C22H15N7O3S2. The Bertz CT molecular complexity index is 1590. The van der Waals surface area contributed by atoms with Crippen LogP contribution in [-0.2, 0) is 14.8 Å². The van der Waals surface area contributed by atoms with E-state index in [-0.39, 0.29) is 21.0 Å². The summed E-state index contributed by atoms with van der Waals surface area (Å²) >= 11 is 5.42. The van der Waals surface area contributed by atoms with Crippen LogP contribution in [-0.4, -0.2) is 29.3 Å². The molecule has 2 aromatic heterocycles. The highest BCUT2D eigenvalue weighted by Gasteiger charge is 2.17. The van der Waals surface area contributed by atoms with E-state index in [2.05, 4.69) is 25.0 Å². The van der Waals surface area contributed by atoms with Crippen LogP contribution in [0.25, 0.3) is 11.0 Å². The second-order valence-corrected chi connectivity index (χ2v) is 8.92. The maximum Gasteiger partial charge on any atom is 0.263 e. The summed E-state index contributed by atoms with van der Waals surface area (Å²) in [6, 6.07) is 19.4. The van der Waals surface area contributed by atoms with E-state index in [9.17, 15) is 18.5 Å². The SMILES string of the molecule is N#CC(C=O)c1nc2ccccc2n(N=Nc2ccc(S(=O)(=O)Nc3ccccn3)cc2)c1=S. The lowest BCUT2D eigenvalue weighted by molar-refractivity contribution is -0.108. The number of carbonyl (C=O) groups excluding carboxylic acids is 1. The summed E-state index contributed by atoms with van der Waals surface area (Å²) in [5.41, 5.74) is 1.47. The van der Waals surface area contributed by atoms with Gasteiger partial charge in [0.05, 0.1) is 27.7 Å². The Labute approximate surface area is 199 Å². The summed E-state index contributed by atoms with van der Waals surface area (Å²) in [6.07, 6.45) is 1.95. The smallest absolute Gasteiger partial charge is 0.263 e. The Morgan fingerprint density at radius 3 is 2.50 bits per heavy atom. The van der Waals surface area contributed by atoms with Crippen molar-refractivity contribution in [3.63, 3.8) is 0 Å². The molecule has 0 aliphatic rings. The number of hydrogen-bond donors (Lipinski definition) is 1. The molecule has 1 N–H and O–H groups in total. The van der Waals surface area contributed by atoms with E-state index in [1.165, 1.54) is 35.1 Å². The summed E-state index contributed by atoms with van der Waals surface area (Å²) in [7, 11) is -3.83. The van der Waals surface area contributed by atoms with Crippen LogP contribution in [0.5, 0.6) is 0 Å². The molecule has 2 heterocycles. The van der Waals surface area contributed by atoms with Gasteiger partial charge < -0.3 is 4.79 Å². The van der Waals surface area contributed by atoms with Gasteiger partial charge in [-0.05, 0) is 48.5 Å². The van der Waals surface area contributed by atoms with E-state index < -0.39 is 15.9 Å². The molecule has 0 aliphatic carbocycles. The molecular weight excluding hydrogens is 474 g/mol. The van der Waals surface area contributed by atoms with Gasteiger partial charge in [0.15, 0.2) is 4.64 Å². The molecule has 4 aromatic rings. The Morgan fingerprint density at radius 1 is 1.09 bits per heavy atom. The van der Waals surface area contributed by atoms with Crippen molar-refractivity contribution in [3.8, 4) is 6.07 Å². The van der Waals surface area contributed by atoms with Crippen molar-refractivity contribution in [1.29, 1.82) is 5.26 Å². The molecule has 1 atom stereocenters. The molecule has 1 unspecified atom stereocenters. The Kier molecular flexibility index (Phi) is 6.48. The molecule has 10 nitrogen and oxygen atoms in total. The molecule has 12 heteroatoms. The molecule has 0 saturated heterocycles. The number of nitrogens with zero attached hydrogens (tertiary/aromatic N) is 6. The number of fused-ring (bicyclic) bond motifs is 1. The molecule has 2 aromatic carbocycles. The first kappa shape index (κ1) is 22.8. The average Bonchev–Trinajstić information content (AvgIpc) is 2.85. The number of para-hydroxylation sites is 2. The van der Waals surface area contributed by atoms with Crippen molar-refractivity contribution < 1.29 is 13.2 Å². The highest BCUT2D eigenvalue weighted by atomic mass is 32.2. The van der Waals surface area contributed by atoms with Crippen LogP contribution in [0.1, 0.15) is 11.6 Å². The molecule has 4 rings (SSSR count). The van der Waals surface area contributed by atoms with Crippen LogP contribution in [0, 0.1) is 16.0 Å². The largest absolute Gasteiger partial charge is 0.301 e. The fraction of sp³-hybridized carbons (Fsp3) is 0.0455. The molecule has 0 saturated carbocycles. The lowest BCUT2D eigenvalue weighted by Gasteiger charge is -2.09. The zero-order valence-electron chi connectivity index (χ0n) is 17.3. The van der Waals surface area contributed by atoms with Gasteiger partial charge in [-0.25, -0.2) is 23.1 Å². The van der Waals surface area contributed by atoms with Gasteiger partial charge in [-0.3, -0.25) is 4.72 Å². The van der Waals surface area contributed by atoms with Crippen molar-refractivity contribution in [1.82, 2.24) is 14.6 Å². The van der Waals surface area contributed by atoms with Gasteiger partial charge in [0.1, 0.15) is 23.7 Å². The number of nitrogens with one attached hydrogen (secondary N) is 1. The number of nitriles is 1. The number of aromatic nitrogens is 3. The van der Waals surface area contributed by atoms with E-state index >= 15 is 0 Å². The molecule has 34 heavy (non-hydrogen) atoms. The lowest BCUT2D eigenvalue weighted by Crippen LogP contribution is -2.13. The number of sulfonamides is 1. The second-order valence-electron chi connectivity index (χ2n) is 6.85. The lowest BCUT2D eigenvalue weighted by atomic mass is 10.1. The Morgan fingerprint density at radius 2 is 1.82 bits per heavy atom. The van der Waals surface area contributed by atoms with E-state index in [1.54, 1.807) is 42.5 Å². The normalized spacial score (nSPS) is 12.3. The molecule has 168 valence electrons. The monoisotopic (exact) mass is 489 g/mol. The number of anilines is 1. The third-order valence-corrected chi connectivity index (χ3v) is 6.39. The molecule has 0 radical (unpaired) electrons. The summed E-state index contributed by atoms with van der Waals surface area (Å²) < 4.78 is 28.9. The van der Waals surface area contributed by atoms with Crippen LogP contribution < -0.4 is 4.72 Å². The van der Waals surface area contributed by atoms with Crippen molar-refractivity contribution in [2.45, 2.75) is 10.8 Å². The Balaban J connectivity index is 1.67. The first-order valence-electron chi connectivity index (χ1n) is 9.75. The van der Waals surface area contributed by atoms with E-state index in [1.807, 2.05) is 6.07 Å². The number of carbonyl (C=O) groups is 1. The predicted molar refractivity (Wildman–Crippen MR) is 126 cm³/mol. The molecule has 0 fully saturated rings. The number of hydrogen-bond acceptors (Lipinski definition) is 9. The van der Waals surface area contributed by atoms with Gasteiger partial charge in [0.2, 0.25) is 0 Å². The minimum atomic E-state index is -3.83. The standard InChI is InChI=1S/C22H15N7O3S2/c23-13-15(14-30)21-22(33)29(19-6-2-1-5-18(19)25-21)28-26-16-8-10-17(11-9-16)34(31,32)27-20-7-3-4-12-24-20/h1-12,14-15H,(H,24,27). The van der Waals surface area contributed by atoms with Crippen molar-refractivity contribution >= 4 is 51.1 Å². The second kappa shape index (κ2) is 9.65. The average molecular weight is 490 g/mol. The van der Waals surface area contributed by atoms with Gasteiger partial charge in [0.25, 0.3) is 10.0 Å². The number of benzene rings is 2. The van der Waals surface area contributed by atoms with Crippen LogP contribution in [0.15, 0.2) is 88.2 Å². The summed E-state index contributed by atoms with van der Waals surface area (Å²) in [5, 5.41) is 17.6. The van der Waals surface area contributed by atoms with Crippen molar-refractivity contribution in [3.05, 3.63) is 83.3 Å². The number of pyridine rings is 1. The van der Waals surface area contributed by atoms with Gasteiger partial charge in [-0.1, -0.05) is 35.6 Å². The first-order valence-corrected chi connectivity index (χ1v) is 11.6. The maximum absolute atomic E-state index is 12.6. The van der Waals surface area contributed by atoms with Crippen molar-refractivity contribution in [2.24, 2.45) is 10.3 Å². The number of rotatable bonds is 7. The van der Waals surface area contributed by atoms with Gasteiger partial charge in [0, 0.05) is 6.20 Å². The highest BCUT2D eigenvalue weighted by Crippen LogP contribution is 2.22. The summed E-state index contributed by atoms with van der Waals surface area (Å²) in [5.74, 6) is -0.943. The quantitative estimate of drug-likeness (QED) is 0.231. The van der Waals surface area contributed by atoms with E-state index in [4.69, 9.17) is 12.2 Å².